The summed E-state index contributed by atoms with van der Waals surface area (Å²) in [5, 5.41) is 31.8. The maximum absolute atomic E-state index is 11.3. The van der Waals surface area contributed by atoms with Crippen molar-refractivity contribution in [1.82, 2.24) is 5.32 Å². The molecule has 1 rings (SSSR count). The summed E-state index contributed by atoms with van der Waals surface area (Å²) in [4.78, 5) is 11.3. The molecule has 1 aliphatic heterocycles. The molecule has 142 valence electrons. The first-order valence-electron chi connectivity index (χ1n) is 9.02. The molecule has 1 aliphatic rings. The Bertz CT molecular complexity index is 354. The standard InChI is InChI=1S/C17H33NO6/c1-3-4-5-6-7-8-9-10-23-17-14(18-12(2)20)16(22)15(21)13(11-19)24-17/h13-17,19,21-22H,3-11H2,1-2H3,(H,18,20)/t13-,14-,15-,16-,17-/m0/s1. The summed E-state index contributed by atoms with van der Waals surface area (Å²) in [5.41, 5.74) is 0. The van der Waals surface area contributed by atoms with Gasteiger partial charge in [0.15, 0.2) is 6.29 Å². The third-order valence-corrected chi connectivity index (χ3v) is 4.28. The van der Waals surface area contributed by atoms with E-state index in [0.717, 1.165) is 19.3 Å². The smallest absolute Gasteiger partial charge is 0.217 e. The van der Waals surface area contributed by atoms with Crippen LogP contribution in [0.1, 0.15) is 58.8 Å². The van der Waals surface area contributed by atoms with Crippen LogP contribution < -0.4 is 5.32 Å². The predicted octanol–water partition coefficient (Wildman–Crippen LogP) is 0.697. The summed E-state index contributed by atoms with van der Waals surface area (Å²) in [6.45, 7) is 3.52. The maximum Gasteiger partial charge on any atom is 0.217 e. The molecule has 0 radical (unpaired) electrons. The zero-order valence-corrected chi connectivity index (χ0v) is 14.8. The first-order valence-corrected chi connectivity index (χ1v) is 9.02. The molecule has 1 fully saturated rings. The number of aliphatic hydroxyl groups is 3. The summed E-state index contributed by atoms with van der Waals surface area (Å²) in [7, 11) is 0. The topological polar surface area (TPSA) is 108 Å². The fourth-order valence-corrected chi connectivity index (χ4v) is 2.87. The van der Waals surface area contributed by atoms with Crippen LogP contribution in [0.2, 0.25) is 0 Å². The van der Waals surface area contributed by atoms with Gasteiger partial charge in [-0.2, -0.15) is 0 Å². The molecule has 5 atom stereocenters. The number of rotatable bonds is 11. The summed E-state index contributed by atoms with van der Waals surface area (Å²) < 4.78 is 11.2. The van der Waals surface area contributed by atoms with E-state index in [4.69, 9.17) is 9.47 Å². The molecule has 24 heavy (non-hydrogen) atoms. The summed E-state index contributed by atoms with van der Waals surface area (Å²) in [6.07, 6.45) is 3.72. The number of hydrogen-bond acceptors (Lipinski definition) is 6. The minimum absolute atomic E-state index is 0.346. The first-order chi connectivity index (χ1) is 11.5. The lowest BCUT2D eigenvalue weighted by molar-refractivity contribution is -0.270. The van der Waals surface area contributed by atoms with Crippen molar-refractivity contribution >= 4 is 5.91 Å². The van der Waals surface area contributed by atoms with Crippen LogP contribution in [0.5, 0.6) is 0 Å². The molecule has 1 saturated heterocycles. The van der Waals surface area contributed by atoms with Gasteiger partial charge in [0.25, 0.3) is 0 Å². The second-order valence-electron chi connectivity index (χ2n) is 6.43. The molecule has 0 aromatic heterocycles. The Morgan fingerprint density at radius 3 is 2.29 bits per heavy atom. The number of carbonyl (C=O) groups is 1. The molecule has 0 aliphatic carbocycles. The van der Waals surface area contributed by atoms with Gasteiger partial charge < -0.3 is 30.1 Å². The Hall–Kier alpha value is -0.730. The third-order valence-electron chi connectivity index (χ3n) is 4.28. The van der Waals surface area contributed by atoms with Crippen molar-refractivity contribution in [3.05, 3.63) is 0 Å². The highest BCUT2D eigenvalue weighted by atomic mass is 16.7. The summed E-state index contributed by atoms with van der Waals surface area (Å²) in [6, 6.07) is -0.857. The van der Waals surface area contributed by atoms with Crippen molar-refractivity contribution in [2.45, 2.75) is 89.4 Å². The second-order valence-corrected chi connectivity index (χ2v) is 6.43. The number of carbonyl (C=O) groups excluding carboxylic acids is 1. The van der Waals surface area contributed by atoms with Gasteiger partial charge in [-0.05, 0) is 6.42 Å². The van der Waals surface area contributed by atoms with Gasteiger partial charge in [0, 0.05) is 13.5 Å². The minimum Gasteiger partial charge on any atom is -0.394 e. The van der Waals surface area contributed by atoms with E-state index in [9.17, 15) is 20.1 Å². The van der Waals surface area contributed by atoms with Crippen LogP contribution in [0.25, 0.3) is 0 Å². The Morgan fingerprint density at radius 2 is 1.71 bits per heavy atom. The molecule has 1 heterocycles. The lowest BCUT2D eigenvalue weighted by Gasteiger charge is -2.42. The minimum atomic E-state index is -1.27. The highest BCUT2D eigenvalue weighted by Gasteiger charge is 2.45. The van der Waals surface area contributed by atoms with Crippen molar-refractivity contribution in [3.63, 3.8) is 0 Å². The highest BCUT2D eigenvalue weighted by molar-refractivity contribution is 5.73. The van der Waals surface area contributed by atoms with E-state index in [1.807, 2.05) is 0 Å². The van der Waals surface area contributed by atoms with Crippen molar-refractivity contribution in [2.24, 2.45) is 0 Å². The number of ether oxygens (including phenoxy) is 2. The number of unbranched alkanes of at least 4 members (excludes halogenated alkanes) is 6. The molecule has 0 unspecified atom stereocenters. The Morgan fingerprint density at radius 1 is 1.08 bits per heavy atom. The number of amides is 1. The fourth-order valence-electron chi connectivity index (χ4n) is 2.87. The lowest BCUT2D eigenvalue weighted by atomic mass is 9.97. The summed E-state index contributed by atoms with van der Waals surface area (Å²) >= 11 is 0. The monoisotopic (exact) mass is 347 g/mol. The third kappa shape index (κ3) is 7.03. The Kier molecular flexibility index (Phi) is 10.4. The molecule has 0 aromatic rings. The van der Waals surface area contributed by atoms with Gasteiger partial charge in [-0.1, -0.05) is 45.4 Å². The van der Waals surface area contributed by atoms with Crippen LogP contribution >= 0.6 is 0 Å². The van der Waals surface area contributed by atoms with Gasteiger partial charge in [-0.3, -0.25) is 4.79 Å². The van der Waals surface area contributed by atoms with Gasteiger partial charge in [-0.15, -0.1) is 0 Å². The van der Waals surface area contributed by atoms with Gasteiger partial charge >= 0.3 is 0 Å². The first kappa shape index (κ1) is 21.3. The zero-order chi connectivity index (χ0) is 17.9. The largest absolute Gasteiger partial charge is 0.394 e. The van der Waals surface area contributed by atoms with Crippen LogP contribution in [0.15, 0.2) is 0 Å². The van der Waals surface area contributed by atoms with Crippen molar-refractivity contribution in [2.75, 3.05) is 13.2 Å². The second kappa shape index (κ2) is 11.8. The van der Waals surface area contributed by atoms with Crippen LogP contribution in [0, 0.1) is 0 Å². The molecule has 0 saturated carbocycles. The van der Waals surface area contributed by atoms with Crippen molar-refractivity contribution in [1.29, 1.82) is 0 Å². The molecule has 7 nitrogen and oxygen atoms in total. The van der Waals surface area contributed by atoms with E-state index in [1.165, 1.54) is 32.6 Å². The van der Waals surface area contributed by atoms with E-state index >= 15 is 0 Å². The SMILES string of the molecule is CCCCCCCCCO[C@H]1O[C@@H](CO)[C@H](O)[C@@H](O)[C@@H]1NC(C)=O. The number of nitrogens with one attached hydrogen (secondary N) is 1. The normalized spacial score (nSPS) is 30.3. The van der Waals surface area contributed by atoms with Crippen LogP contribution in [-0.4, -0.2) is 65.1 Å². The molecule has 0 aromatic carbocycles. The molecule has 7 heteroatoms. The molecule has 0 bridgehead atoms. The fraction of sp³-hybridized carbons (Fsp3) is 0.941. The molecular weight excluding hydrogens is 314 g/mol. The highest BCUT2D eigenvalue weighted by Crippen LogP contribution is 2.22. The average molecular weight is 347 g/mol. The van der Waals surface area contributed by atoms with E-state index < -0.39 is 37.3 Å². The number of hydrogen-bond donors (Lipinski definition) is 4. The zero-order valence-electron chi connectivity index (χ0n) is 14.8. The quantitative estimate of drug-likeness (QED) is 0.410. The van der Waals surface area contributed by atoms with Gasteiger partial charge in [-0.25, -0.2) is 0 Å². The van der Waals surface area contributed by atoms with E-state index in [0.29, 0.717) is 6.61 Å². The van der Waals surface area contributed by atoms with E-state index in [1.54, 1.807) is 0 Å². The molecule has 0 spiro atoms. The van der Waals surface area contributed by atoms with Crippen molar-refractivity contribution < 1.29 is 29.6 Å². The maximum atomic E-state index is 11.3. The average Bonchev–Trinajstić information content (AvgIpc) is 2.55. The Balaban J connectivity index is 2.39. The van der Waals surface area contributed by atoms with Gasteiger partial charge in [0.1, 0.15) is 24.4 Å². The van der Waals surface area contributed by atoms with Gasteiger partial charge in [0.05, 0.1) is 6.61 Å². The molecule has 4 N–H and O–H groups in total. The van der Waals surface area contributed by atoms with Gasteiger partial charge in [0.2, 0.25) is 5.91 Å². The van der Waals surface area contributed by atoms with Crippen molar-refractivity contribution in [3.8, 4) is 0 Å². The predicted molar refractivity (Wildman–Crippen MR) is 89.3 cm³/mol. The van der Waals surface area contributed by atoms with Crippen LogP contribution in [-0.2, 0) is 14.3 Å². The lowest BCUT2D eigenvalue weighted by Crippen LogP contribution is -2.64. The van der Waals surface area contributed by atoms with Crippen LogP contribution in [0.4, 0.5) is 0 Å². The molecule has 1 amide bonds. The molecular formula is C17H33NO6. The summed E-state index contributed by atoms with van der Waals surface area (Å²) in [5.74, 6) is -0.346. The number of aliphatic hydroxyl groups excluding tert-OH is 3. The van der Waals surface area contributed by atoms with E-state index in [-0.39, 0.29) is 5.91 Å². The van der Waals surface area contributed by atoms with E-state index in [2.05, 4.69) is 12.2 Å². The Labute approximate surface area is 144 Å². The van der Waals surface area contributed by atoms with Crippen LogP contribution in [0.3, 0.4) is 0 Å².